The number of rotatable bonds is 21. The van der Waals surface area contributed by atoms with E-state index in [1.165, 1.54) is 6.21 Å². The lowest BCUT2D eigenvalue weighted by atomic mass is 9.97. The van der Waals surface area contributed by atoms with Gasteiger partial charge in [-0.25, -0.2) is 0 Å². The Balaban J connectivity index is 1.17. The lowest BCUT2D eigenvalue weighted by Gasteiger charge is -2.46. The number of aliphatic hydroxyl groups excluding tert-OH is 1. The molecule has 7 rings (SSSR count). The van der Waals surface area contributed by atoms with Crippen molar-refractivity contribution in [2.75, 3.05) is 13.2 Å². The molecule has 1 saturated heterocycles. The fourth-order valence-electron chi connectivity index (χ4n) is 6.97. The van der Waals surface area contributed by atoms with Crippen molar-refractivity contribution in [1.82, 2.24) is 0 Å². The Hall–Kier alpha value is -4.79. The standard InChI is InChI=1S/C47H51NO10/c49-40(45(47(50)26-27-48-58-47)55-32-39-24-14-5-15-25-39)33-56-46-44(54-31-38-22-12-4-13-23-38)43(53-30-37-20-10-3-11-21-37)42(52-29-36-18-8-2-9-19-36)41(57-46)34-51-28-35-16-6-1-7-17-35/h1-25,27,40-46,49-50H,26,28-34H2/t40-,41-,42+,43+,44-,45-,46+,47?/m1/s1. The highest BCUT2D eigenvalue weighted by Gasteiger charge is 2.51. The van der Waals surface area contributed by atoms with Crippen LogP contribution >= 0.6 is 0 Å². The van der Waals surface area contributed by atoms with Crippen LogP contribution < -0.4 is 0 Å². The Morgan fingerprint density at radius 3 is 1.50 bits per heavy atom. The van der Waals surface area contributed by atoms with E-state index >= 15 is 0 Å². The van der Waals surface area contributed by atoms with Crippen LogP contribution in [0.25, 0.3) is 0 Å². The molecule has 11 nitrogen and oxygen atoms in total. The Kier molecular flexibility index (Phi) is 15.2. The Morgan fingerprint density at radius 2 is 1.02 bits per heavy atom. The van der Waals surface area contributed by atoms with E-state index in [1.807, 2.05) is 152 Å². The zero-order chi connectivity index (χ0) is 39.8. The summed E-state index contributed by atoms with van der Waals surface area (Å²) in [5, 5.41) is 26.9. The molecule has 0 aliphatic carbocycles. The van der Waals surface area contributed by atoms with Gasteiger partial charge in [0, 0.05) is 0 Å². The van der Waals surface area contributed by atoms with Crippen molar-refractivity contribution >= 4 is 6.21 Å². The number of nitrogens with zero attached hydrogens (tertiary/aromatic N) is 1. The summed E-state index contributed by atoms with van der Waals surface area (Å²) in [6.07, 6.45) is -5.17. The summed E-state index contributed by atoms with van der Waals surface area (Å²) in [6.45, 7) is 1.03. The SMILES string of the molecule is O[C@H](CO[C@H]1O[C@H](COCc2ccccc2)[C@H](OCc2ccccc2)[C@H](OCc2ccccc2)[C@H]1OCc1ccccc1)[C@@H](OCc1ccccc1)C1(O)CC=NO1. The third-order valence-electron chi connectivity index (χ3n) is 10.0. The smallest absolute Gasteiger partial charge is 0.268 e. The molecule has 5 aromatic carbocycles. The lowest BCUT2D eigenvalue weighted by Crippen LogP contribution is -2.62. The van der Waals surface area contributed by atoms with Crippen molar-refractivity contribution < 1.29 is 48.2 Å². The van der Waals surface area contributed by atoms with Crippen LogP contribution in [0.5, 0.6) is 0 Å². The van der Waals surface area contributed by atoms with Gasteiger partial charge in [0.05, 0.1) is 58.9 Å². The molecule has 1 fully saturated rings. The fraction of sp³-hybridized carbons (Fsp3) is 0.340. The molecule has 0 saturated carbocycles. The van der Waals surface area contributed by atoms with Crippen LogP contribution in [0.4, 0.5) is 0 Å². The molecule has 0 amide bonds. The van der Waals surface area contributed by atoms with Gasteiger partial charge in [-0.3, -0.25) is 0 Å². The molecule has 0 spiro atoms. The summed E-state index contributed by atoms with van der Waals surface area (Å²) >= 11 is 0. The minimum absolute atomic E-state index is 0.0168. The van der Waals surface area contributed by atoms with Gasteiger partial charge in [0.2, 0.25) is 0 Å². The number of ether oxygens (including phenoxy) is 7. The second-order valence-corrected chi connectivity index (χ2v) is 14.4. The first-order chi connectivity index (χ1) is 28.5. The molecule has 0 radical (unpaired) electrons. The molecule has 11 heteroatoms. The molecule has 8 atom stereocenters. The van der Waals surface area contributed by atoms with Crippen LogP contribution in [0, 0.1) is 0 Å². The number of oxime groups is 1. The summed E-state index contributed by atoms with van der Waals surface area (Å²) in [5.74, 6) is -1.92. The molecule has 2 heterocycles. The summed E-state index contributed by atoms with van der Waals surface area (Å²) < 4.78 is 45.9. The van der Waals surface area contributed by atoms with Gasteiger partial charge in [-0.05, 0) is 27.8 Å². The molecule has 58 heavy (non-hydrogen) atoms. The van der Waals surface area contributed by atoms with Crippen molar-refractivity contribution in [3.05, 3.63) is 179 Å². The molecular formula is C47H51NO10. The highest BCUT2D eigenvalue weighted by atomic mass is 16.8. The minimum Gasteiger partial charge on any atom is -0.388 e. The van der Waals surface area contributed by atoms with Crippen molar-refractivity contribution in [2.24, 2.45) is 5.16 Å². The number of aliphatic hydroxyl groups is 2. The molecule has 0 aromatic heterocycles. The van der Waals surface area contributed by atoms with Gasteiger partial charge in [0.25, 0.3) is 5.79 Å². The zero-order valence-corrected chi connectivity index (χ0v) is 32.3. The van der Waals surface area contributed by atoms with Gasteiger partial charge in [0.1, 0.15) is 30.5 Å². The maximum absolute atomic E-state index is 11.7. The second kappa shape index (κ2) is 21.3. The number of hydrogen-bond acceptors (Lipinski definition) is 11. The van der Waals surface area contributed by atoms with Crippen LogP contribution in [-0.4, -0.2) is 78.3 Å². The van der Waals surface area contributed by atoms with E-state index in [2.05, 4.69) is 5.16 Å². The molecule has 0 bridgehead atoms. The first kappa shape index (κ1) is 41.4. The Morgan fingerprint density at radius 1 is 0.569 bits per heavy atom. The monoisotopic (exact) mass is 789 g/mol. The predicted octanol–water partition coefficient (Wildman–Crippen LogP) is 6.74. The van der Waals surface area contributed by atoms with Gasteiger partial charge >= 0.3 is 0 Å². The van der Waals surface area contributed by atoms with Gasteiger partial charge in [-0.1, -0.05) is 157 Å². The van der Waals surface area contributed by atoms with Crippen molar-refractivity contribution in [2.45, 2.75) is 88.2 Å². The van der Waals surface area contributed by atoms with Gasteiger partial charge in [0.15, 0.2) is 12.4 Å². The highest BCUT2D eigenvalue weighted by Crippen LogP contribution is 2.33. The molecule has 2 aliphatic rings. The summed E-state index contributed by atoms with van der Waals surface area (Å²) in [5.41, 5.74) is 4.75. The summed E-state index contributed by atoms with van der Waals surface area (Å²) in [6, 6.07) is 49.0. The lowest BCUT2D eigenvalue weighted by molar-refractivity contribution is -0.336. The van der Waals surface area contributed by atoms with Gasteiger partial charge < -0.3 is 48.2 Å². The normalized spacial score (nSPS) is 23.9. The molecule has 304 valence electrons. The van der Waals surface area contributed by atoms with E-state index in [-0.39, 0.29) is 46.1 Å². The van der Waals surface area contributed by atoms with Crippen molar-refractivity contribution in [3.63, 3.8) is 0 Å². The van der Waals surface area contributed by atoms with E-state index in [4.69, 9.17) is 38.0 Å². The molecule has 5 aromatic rings. The average Bonchev–Trinajstić information content (AvgIpc) is 3.72. The van der Waals surface area contributed by atoms with Crippen molar-refractivity contribution in [3.8, 4) is 0 Å². The first-order valence-corrected chi connectivity index (χ1v) is 19.7. The molecule has 2 N–H and O–H groups in total. The third kappa shape index (κ3) is 11.7. The Labute approximate surface area is 339 Å². The van der Waals surface area contributed by atoms with Crippen LogP contribution in [0.1, 0.15) is 34.2 Å². The molecular weight excluding hydrogens is 739 g/mol. The number of hydrogen-bond donors (Lipinski definition) is 2. The fourth-order valence-corrected chi connectivity index (χ4v) is 6.97. The van der Waals surface area contributed by atoms with Crippen LogP contribution in [0.3, 0.4) is 0 Å². The summed E-state index contributed by atoms with van der Waals surface area (Å²) in [4.78, 5) is 5.35. The van der Waals surface area contributed by atoms with Crippen LogP contribution in [-0.2, 0) is 71.0 Å². The maximum Gasteiger partial charge on any atom is 0.268 e. The largest absolute Gasteiger partial charge is 0.388 e. The third-order valence-corrected chi connectivity index (χ3v) is 10.0. The highest BCUT2D eigenvalue weighted by molar-refractivity contribution is 5.59. The van der Waals surface area contributed by atoms with E-state index in [9.17, 15) is 10.2 Å². The van der Waals surface area contributed by atoms with Gasteiger partial charge in [-0.2, -0.15) is 0 Å². The van der Waals surface area contributed by atoms with E-state index in [1.54, 1.807) is 0 Å². The van der Waals surface area contributed by atoms with Gasteiger partial charge in [-0.15, -0.1) is 0 Å². The molecule has 2 aliphatic heterocycles. The minimum atomic E-state index is -1.92. The van der Waals surface area contributed by atoms with E-state index in [0.29, 0.717) is 6.61 Å². The quantitative estimate of drug-likeness (QED) is 0.0826. The predicted molar refractivity (Wildman–Crippen MR) is 216 cm³/mol. The van der Waals surface area contributed by atoms with E-state index in [0.717, 1.165) is 27.8 Å². The summed E-state index contributed by atoms with van der Waals surface area (Å²) in [7, 11) is 0. The second-order valence-electron chi connectivity index (χ2n) is 14.4. The first-order valence-electron chi connectivity index (χ1n) is 19.7. The maximum atomic E-state index is 11.7. The van der Waals surface area contributed by atoms with E-state index < -0.39 is 48.7 Å². The number of benzene rings is 5. The van der Waals surface area contributed by atoms with Crippen LogP contribution in [0.2, 0.25) is 0 Å². The topological polar surface area (TPSA) is 127 Å². The Bertz CT molecular complexity index is 1910. The molecule has 1 unspecified atom stereocenters. The van der Waals surface area contributed by atoms with Crippen LogP contribution in [0.15, 0.2) is 157 Å². The zero-order valence-electron chi connectivity index (χ0n) is 32.3. The average molecular weight is 790 g/mol. The van der Waals surface area contributed by atoms with Crippen molar-refractivity contribution in [1.29, 1.82) is 0 Å².